The Balaban J connectivity index is 2.47. The fraction of sp³-hybridized carbons (Fsp3) is 0.111. The number of carbonyl (C=O) groups is 1. The van der Waals surface area contributed by atoms with E-state index < -0.39 is 0 Å². The third kappa shape index (κ3) is 1.22. The molecule has 0 saturated carbocycles. The van der Waals surface area contributed by atoms with Gasteiger partial charge >= 0.3 is 77.5 Å². The second-order valence-electron chi connectivity index (χ2n) is 2.60. The molecular formula is C9H6O2Se. The van der Waals surface area contributed by atoms with Crippen LogP contribution >= 0.6 is 0 Å². The Morgan fingerprint density at radius 3 is 2.92 bits per heavy atom. The first-order valence-corrected chi connectivity index (χ1v) is 4.46. The van der Waals surface area contributed by atoms with E-state index in [4.69, 9.17) is 4.74 Å². The zero-order valence-corrected chi connectivity index (χ0v) is 7.95. The maximum atomic E-state index is 11.1. The van der Waals surface area contributed by atoms with Crippen LogP contribution in [0.3, 0.4) is 0 Å². The number of ether oxygens (including phenoxy) is 1. The van der Waals surface area contributed by atoms with Crippen molar-refractivity contribution in [3.8, 4) is 5.75 Å². The average Bonchev–Trinajstić information content (AvgIpc) is 2.07. The number of carbonyl (C=O) groups excluding carboxylic acids is 1. The zero-order valence-electron chi connectivity index (χ0n) is 6.24. The van der Waals surface area contributed by atoms with Crippen LogP contribution in [0.15, 0.2) is 24.3 Å². The third-order valence-electron chi connectivity index (χ3n) is 1.75. The molecule has 0 amide bonds. The van der Waals surface area contributed by atoms with Crippen molar-refractivity contribution in [2.75, 3.05) is 0 Å². The van der Waals surface area contributed by atoms with Crippen LogP contribution in [0.25, 0.3) is 0 Å². The summed E-state index contributed by atoms with van der Waals surface area (Å²) in [5.41, 5.74) is 1.06. The second-order valence-corrected chi connectivity index (χ2v) is 3.63. The van der Waals surface area contributed by atoms with Gasteiger partial charge in [0, 0.05) is 0 Å². The Morgan fingerprint density at radius 1 is 1.33 bits per heavy atom. The third-order valence-corrected chi connectivity index (χ3v) is 2.41. The zero-order chi connectivity index (χ0) is 8.55. The first-order valence-electron chi connectivity index (χ1n) is 3.60. The SMILES string of the molecule is O=C1Oc2ccccc2CC1=[Se]. The first-order chi connectivity index (χ1) is 5.77. The minimum absolute atomic E-state index is 0.256. The monoisotopic (exact) mass is 226 g/mol. The van der Waals surface area contributed by atoms with Crippen molar-refractivity contribution in [1.29, 1.82) is 0 Å². The van der Waals surface area contributed by atoms with Crippen molar-refractivity contribution in [3.05, 3.63) is 29.8 Å². The van der Waals surface area contributed by atoms with Gasteiger partial charge in [0.25, 0.3) is 0 Å². The summed E-state index contributed by atoms with van der Waals surface area (Å²) in [5.74, 6) is 0.426. The summed E-state index contributed by atoms with van der Waals surface area (Å²) in [5, 5.41) is 0. The van der Waals surface area contributed by atoms with Gasteiger partial charge in [-0.3, -0.25) is 0 Å². The summed E-state index contributed by atoms with van der Waals surface area (Å²) in [4.78, 5) is 11.1. The number of hydrogen-bond donors (Lipinski definition) is 0. The van der Waals surface area contributed by atoms with Gasteiger partial charge in [-0.2, -0.15) is 0 Å². The van der Waals surface area contributed by atoms with E-state index in [1.807, 2.05) is 18.2 Å². The summed E-state index contributed by atoms with van der Waals surface area (Å²) < 4.78 is 5.68. The molecule has 0 saturated heterocycles. The Bertz CT molecular complexity index is 322. The molecule has 1 aromatic rings. The van der Waals surface area contributed by atoms with E-state index in [1.165, 1.54) is 0 Å². The van der Waals surface area contributed by atoms with Crippen LogP contribution in [-0.2, 0) is 11.2 Å². The Kier molecular flexibility index (Phi) is 1.83. The topological polar surface area (TPSA) is 26.3 Å². The molecule has 2 rings (SSSR count). The molecule has 12 heavy (non-hydrogen) atoms. The van der Waals surface area contributed by atoms with Gasteiger partial charge in [-0.1, -0.05) is 0 Å². The molecule has 0 atom stereocenters. The fourth-order valence-electron chi connectivity index (χ4n) is 1.15. The predicted molar refractivity (Wildman–Crippen MR) is 46.5 cm³/mol. The molecule has 1 aliphatic rings. The van der Waals surface area contributed by atoms with E-state index in [1.54, 1.807) is 6.07 Å². The number of esters is 1. The van der Waals surface area contributed by atoms with Gasteiger partial charge in [-0.15, -0.1) is 0 Å². The van der Waals surface area contributed by atoms with Gasteiger partial charge in [0.1, 0.15) is 0 Å². The number of hydrogen-bond acceptors (Lipinski definition) is 2. The van der Waals surface area contributed by atoms with Gasteiger partial charge in [0.05, 0.1) is 0 Å². The standard InChI is InChI=1S/C9H6O2Se/c10-9-8(12)5-6-3-1-2-4-7(6)11-9/h1-4H,5H2. The molecule has 0 aromatic heterocycles. The van der Waals surface area contributed by atoms with Gasteiger partial charge in [-0.25, -0.2) is 0 Å². The Morgan fingerprint density at radius 2 is 2.08 bits per heavy atom. The van der Waals surface area contributed by atoms with Crippen molar-refractivity contribution in [3.63, 3.8) is 0 Å². The number of para-hydroxylation sites is 1. The van der Waals surface area contributed by atoms with Crippen molar-refractivity contribution in [2.45, 2.75) is 6.42 Å². The van der Waals surface area contributed by atoms with Crippen molar-refractivity contribution in [1.82, 2.24) is 0 Å². The molecule has 0 bridgehead atoms. The normalized spacial score (nSPS) is 15.3. The summed E-state index contributed by atoms with van der Waals surface area (Å²) >= 11 is 2.71. The molecule has 0 radical (unpaired) electrons. The number of fused-ring (bicyclic) bond motifs is 1. The van der Waals surface area contributed by atoms with Crippen LogP contribution in [0.4, 0.5) is 0 Å². The molecule has 0 unspecified atom stereocenters. The van der Waals surface area contributed by atoms with Crippen LogP contribution in [-0.4, -0.2) is 26.0 Å². The minimum atomic E-state index is -0.256. The molecule has 0 fully saturated rings. The van der Waals surface area contributed by atoms with Gasteiger partial charge < -0.3 is 0 Å². The molecule has 1 aromatic carbocycles. The quantitative estimate of drug-likeness (QED) is 0.365. The van der Waals surface area contributed by atoms with E-state index in [0.29, 0.717) is 16.6 Å². The van der Waals surface area contributed by atoms with E-state index in [-0.39, 0.29) is 5.97 Å². The average molecular weight is 225 g/mol. The molecule has 1 aliphatic heterocycles. The first kappa shape index (κ1) is 7.71. The van der Waals surface area contributed by atoms with E-state index in [9.17, 15) is 4.79 Å². The molecule has 60 valence electrons. The van der Waals surface area contributed by atoms with E-state index in [0.717, 1.165) is 5.56 Å². The summed E-state index contributed by atoms with van der Waals surface area (Å²) in [7, 11) is 0. The molecule has 0 aliphatic carbocycles. The maximum absolute atomic E-state index is 11.1. The Labute approximate surface area is 77.9 Å². The summed E-state index contributed by atoms with van der Waals surface area (Å²) in [6.45, 7) is 0. The van der Waals surface area contributed by atoms with Crippen LogP contribution in [0.1, 0.15) is 5.56 Å². The van der Waals surface area contributed by atoms with Crippen molar-refractivity contribution < 1.29 is 9.53 Å². The van der Waals surface area contributed by atoms with Crippen LogP contribution in [0, 0.1) is 0 Å². The number of rotatable bonds is 0. The van der Waals surface area contributed by atoms with E-state index >= 15 is 0 Å². The van der Waals surface area contributed by atoms with Gasteiger partial charge in [0.15, 0.2) is 0 Å². The molecule has 2 nitrogen and oxygen atoms in total. The molecular weight excluding hydrogens is 219 g/mol. The molecule has 3 heteroatoms. The van der Waals surface area contributed by atoms with Crippen LogP contribution in [0.5, 0.6) is 5.75 Å². The van der Waals surface area contributed by atoms with Crippen molar-refractivity contribution >= 4 is 26.0 Å². The predicted octanol–water partition coefficient (Wildman–Crippen LogP) is 0.489. The molecule has 1 heterocycles. The second kappa shape index (κ2) is 2.85. The van der Waals surface area contributed by atoms with Crippen LogP contribution < -0.4 is 4.74 Å². The molecule has 0 spiro atoms. The Hall–Kier alpha value is -0.921. The van der Waals surface area contributed by atoms with Crippen LogP contribution in [0.2, 0.25) is 0 Å². The van der Waals surface area contributed by atoms with E-state index in [2.05, 4.69) is 15.6 Å². The summed E-state index contributed by atoms with van der Waals surface area (Å²) in [6.07, 6.45) is 0.662. The van der Waals surface area contributed by atoms with Gasteiger partial charge in [-0.05, 0) is 0 Å². The van der Waals surface area contributed by atoms with Gasteiger partial charge in [0.2, 0.25) is 0 Å². The van der Waals surface area contributed by atoms with Crippen molar-refractivity contribution in [2.24, 2.45) is 0 Å². The molecule has 0 N–H and O–H groups in total. The fourth-order valence-corrected chi connectivity index (χ4v) is 1.57. The number of benzene rings is 1. The summed E-state index contributed by atoms with van der Waals surface area (Å²) in [6, 6.07) is 7.56.